The van der Waals surface area contributed by atoms with Gasteiger partial charge >= 0.3 is 10.3 Å². The van der Waals surface area contributed by atoms with Crippen molar-refractivity contribution in [2.24, 2.45) is 11.1 Å². The van der Waals surface area contributed by atoms with Crippen molar-refractivity contribution in [2.75, 3.05) is 19.0 Å². The molecule has 1 saturated carbocycles. The number of aromatic nitrogens is 3. The molecule has 34 heavy (non-hydrogen) atoms. The topological polar surface area (TPSA) is 138 Å². The van der Waals surface area contributed by atoms with Gasteiger partial charge in [-0.05, 0) is 38.7 Å². The maximum Gasteiger partial charge on any atom is 0.333 e. The SMILES string of the molecule is COC(C)(C)C#CCn1ccc(C(=O)c2cncnc2NC2CC(COS(N)(=O)=O)CC2F)c1. The van der Waals surface area contributed by atoms with Gasteiger partial charge in [-0.1, -0.05) is 11.8 Å². The zero-order chi connectivity index (χ0) is 24.9. The van der Waals surface area contributed by atoms with E-state index >= 15 is 0 Å². The Balaban J connectivity index is 1.69. The van der Waals surface area contributed by atoms with Gasteiger partial charge in [0, 0.05) is 31.3 Å². The highest BCUT2D eigenvalue weighted by Crippen LogP contribution is 2.31. The largest absolute Gasteiger partial charge is 0.366 e. The minimum atomic E-state index is -4.09. The van der Waals surface area contributed by atoms with Crippen molar-refractivity contribution >= 4 is 21.9 Å². The van der Waals surface area contributed by atoms with Gasteiger partial charge in [-0.25, -0.2) is 19.5 Å². The molecule has 2 aromatic rings. The van der Waals surface area contributed by atoms with Gasteiger partial charge in [-0.15, -0.1) is 0 Å². The Labute approximate surface area is 198 Å². The van der Waals surface area contributed by atoms with Crippen molar-refractivity contribution < 1.29 is 26.5 Å². The van der Waals surface area contributed by atoms with Gasteiger partial charge in [0.1, 0.15) is 23.9 Å². The van der Waals surface area contributed by atoms with Gasteiger partial charge in [0.05, 0.1) is 24.8 Å². The molecule has 3 unspecified atom stereocenters. The summed E-state index contributed by atoms with van der Waals surface area (Å²) in [6.45, 7) is 3.89. The number of halogens is 1. The summed E-state index contributed by atoms with van der Waals surface area (Å²) >= 11 is 0. The summed E-state index contributed by atoms with van der Waals surface area (Å²) < 4.78 is 48.2. The van der Waals surface area contributed by atoms with E-state index in [4.69, 9.17) is 9.88 Å². The van der Waals surface area contributed by atoms with E-state index in [1.165, 1.54) is 12.5 Å². The maximum atomic E-state index is 14.6. The lowest BCUT2D eigenvalue weighted by Gasteiger charge is -2.17. The molecule has 1 aliphatic rings. The lowest BCUT2D eigenvalue weighted by atomic mass is 10.1. The summed E-state index contributed by atoms with van der Waals surface area (Å²) in [5.74, 6) is 5.56. The van der Waals surface area contributed by atoms with Crippen LogP contribution in [0.2, 0.25) is 0 Å². The Bertz CT molecular complexity index is 1190. The second-order valence-corrected chi connectivity index (χ2v) is 9.81. The number of hydrogen-bond donors (Lipinski definition) is 2. The van der Waals surface area contributed by atoms with Crippen LogP contribution in [0.3, 0.4) is 0 Å². The molecule has 0 aromatic carbocycles. The third-order valence-corrected chi connectivity index (χ3v) is 5.97. The summed E-state index contributed by atoms with van der Waals surface area (Å²) in [5.41, 5.74) is 0.0444. The molecular weight excluding hydrogens is 465 g/mol. The second-order valence-electron chi connectivity index (χ2n) is 8.58. The number of nitrogens with one attached hydrogen (secondary N) is 1. The molecule has 0 bridgehead atoms. The lowest BCUT2D eigenvalue weighted by molar-refractivity contribution is 0.0740. The number of methoxy groups -OCH3 is 1. The number of carbonyl (C=O) groups excluding carboxylic acids is 1. The number of rotatable bonds is 9. The number of carbonyl (C=O) groups is 1. The molecule has 3 rings (SSSR count). The molecule has 184 valence electrons. The van der Waals surface area contributed by atoms with E-state index in [2.05, 4.69) is 31.3 Å². The molecule has 12 heteroatoms. The van der Waals surface area contributed by atoms with Crippen molar-refractivity contribution in [3.63, 3.8) is 0 Å². The van der Waals surface area contributed by atoms with Crippen LogP contribution in [-0.4, -0.2) is 60.3 Å². The molecular formula is C22H28FN5O5S. The Kier molecular flexibility index (Phi) is 8.04. The predicted octanol–water partition coefficient (Wildman–Crippen LogP) is 1.69. The Morgan fingerprint density at radius 3 is 2.88 bits per heavy atom. The first-order valence-electron chi connectivity index (χ1n) is 10.6. The van der Waals surface area contributed by atoms with Crippen molar-refractivity contribution in [3.05, 3.63) is 42.1 Å². The van der Waals surface area contributed by atoms with Gasteiger partial charge in [-0.2, -0.15) is 8.42 Å². The first-order chi connectivity index (χ1) is 16.0. The molecule has 3 atom stereocenters. The van der Waals surface area contributed by atoms with E-state index in [1.807, 2.05) is 13.8 Å². The van der Waals surface area contributed by atoms with Gasteiger partial charge in [0.15, 0.2) is 5.78 Å². The molecule has 10 nitrogen and oxygen atoms in total. The zero-order valence-corrected chi connectivity index (χ0v) is 20.0. The smallest absolute Gasteiger partial charge is 0.333 e. The van der Waals surface area contributed by atoms with Crippen LogP contribution in [0.25, 0.3) is 0 Å². The Morgan fingerprint density at radius 1 is 1.41 bits per heavy atom. The van der Waals surface area contributed by atoms with Gasteiger partial charge in [-0.3, -0.25) is 8.98 Å². The van der Waals surface area contributed by atoms with Gasteiger partial charge in [0.2, 0.25) is 0 Å². The highest BCUT2D eigenvalue weighted by atomic mass is 32.2. The molecule has 0 radical (unpaired) electrons. The molecule has 0 spiro atoms. The average Bonchev–Trinajstić information content (AvgIpc) is 3.38. The van der Waals surface area contributed by atoms with E-state index in [0.29, 0.717) is 18.5 Å². The van der Waals surface area contributed by atoms with Crippen LogP contribution in [0, 0.1) is 17.8 Å². The summed E-state index contributed by atoms with van der Waals surface area (Å²) in [6, 6.07) is 0.996. The third-order valence-electron chi connectivity index (χ3n) is 5.50. The van der Waals surface area contributed by atoms with Gasteiger partial charge in [0.25, 0.3) is 0 Å². The van der Waals surface area contributed by atoms with Crippen molar-refractivity contribution in [2.45, 2.75) is 51.0 Å². The summed E-state index contributed by atoms with van der Waals surface area (Å²) in [4.78, 5) is 21.2. The van der Waals surface area contributed by atoms with Crippen molar-refractivity contribution in [1.29, 1.82) is 0 Å². The van der Waals surface area contributed by atoms with Crippen LogP contribution in [0.15, 0.2) is 31.0 Å². The first-order valence-corrected chi connectivity index (χ1v) is 12.1. The fourth-order valence-corrected chi connectivity index (χ4v) is 3.95. The monoisotopic (exact) mass is 493 g/mol. The number of nitrogens with zero attached hydrogens (tertiary/aromatic N) is 3. The maximum absolute atomic E-state index is 14.6. The number of nitrogens with two attached hydrogens (primary N) is 1. The van der Waals surface area contributed by atoms with Crippen LogP contribution < -0.4 is 10.5 Å². The van der Waals surface area contributed by atoms with Gasteiger partial charge < -0.3 is 14.6 Å². The first kappa shape index (κ1) is 25.8. The van der Waals surface area contributed by atoms with E-state index in [0.717, 1.165) is 0 Å². The summed E-state index contributed by atoms with van der Waals surface area (Å²) in [6.07, 6.45) is 5.17. The fraction of sp³-hybridized carbons (Fsp3) is 0.500. The number of alkyl halides is 1. The van der Waals surface area contributed by atoms with E-state index in [9.17, 15) is 17.6 Å². The molecule has 2 heterocycles. The Morgan fingerprint density at radius 2 is 2.18 bits per heavy atom. The molecule has 1 aliphatic carbocycles. The van der Waals surface area contributed by atoms with Crippen LogP contribution in [-0.2, 0) is 25.8 Å². The minimum Gasteiger partial charge on any atom is -0.366 e. The molecule has 0 aliphatic heterocycles. The highest BCUT2D eigenvalue weighted by molar-refractivity contribution is 7.84. The lowest BCUT2D eigenvalue weighted by Crippen LogP contribution is -2.27. The summed E-state index contributed by atoms with van der Waals surface area (Å²) in [7, 11) is -2.50. The predicted molar refractivity (Wildman–Crippen MR) is 123 cm³/mol. The van der Waals surface area contributed by atoms with Crippen molar-refractivity contribution in [1.82, 2.24) is 14.5 Å². The Hall–Kier alpha value is -2.85. The standard InChI is InChI=1S/C22H28FN5O5S/c1-22(2,32-3)6-4-7-28-8-5-16(12-28)20(29)17-11-25-14-26-21(17)27-19-10-15(9-18(19)23)13-33-34(24,30)31/h5,8,11-12,14-15,18-19H,7,9-10,13H2,1-3H3,(H2,24,30,31)(H,25,26,27). The number of ether oxygens (including phenoxy) is 1. The third kappa shape index (κ3) is 7.07. The quantitative estimate of drug-likeness (QED) is 0.397. The molecule has 0 saturated heterocycles. The fourth-order valence-electron chi connectivity index (χ4n) is 3.57. The zero-order valence-electron chi connectivity index (χ0n) is 19.2. The summed E-state index contributed by atoms with van der Waals surface area (Å²) in [5, 5.41) is 7.82. The van der Waals surface area contributed by atoms with Crippen molar-refractivity contribution in [3.8, 4) is 11.8 Å². The molecule has 3 N–H and O–H groups in total. The number of anilines is 1. The second kappa shape index (κ2) is 10.6. The molecule has 0 amide bonds. The molecule has 1 fully saturated rings. The average molecular weight is 494 g/mol. The van der Waals surface area contributed by atoms with E-state index in [-0.39, 0.29) is 36.1 Å². The van der Waals surface area contributed by atoms with Crippen LogP contribution in [0.5, 0.6) is 0 Å². The van der Waals surface area contributed by atoms with E-state index < -0.39 is 28.1 Å². The highest BCUT2D eigenvalue weighted by Gasteiger charge is 2.36. The number of hydrogen-bond acceptors (Lipinski definition) is 8. The minimum absolute atomic E-state index is 0.102. The normalized spacial score (nSPS) is 20.6. The van der Waals surface area contributed by atoms with Crippen LogP contribution >= 0.6 is 0 Å². The van der Waals surface area contributed by atoms with Crippen LogP contribution in [0.4, 0.5) is 10.2 Å². The van der Waals surface area contributed by atoms with Crippen LogP contribution in [0.1, 0.15) is 42.6 Å². The number of ketones is 1. The molecule has 2 aromatic heterocycles. The van der Waals surface area contributed by atoms with E-state index in [1.54, 1.807) is 30.1 Å².